The van der Waals surface area contributed by atoms with Crippen LogP contribution in [0.25, 0.3) is 0 Å². The second kappa shape index (κ2) is 4.21. The van der Waals surface area contributed by atoms with Gasteiger partial charge in [0.1, 0.15) is 11.2 Å². The fraction of sp³-hybridized carbons (Fsp3) is 0.643. The van der Waals surface area contributed by atoms with Crippen molar-refractivity contribution < 1.29 is 14.3 Å². The lowest BCUT2D eigenvalue weighted by molar-refractivity contribution is -0.0540. The van der Waals surface area contributed by atoms with Crippen molar-refractivity contribution >= 4 is 17.4 Å². The smallest absolute Gasteiger partial charge is 0.410 e. The van der Waals surface area contributed by atoms with Crippen LogP contribution in [0.5, 0.6) is 0 Å². The van der Waals surface area contributed by atoms with Gasteiger partial charge in [-0.3, -0.25) is 4.90 Å². The Bertz CT molecular complexity index is 479. The van der Waals surface area contributed by atoms with Gasteiger partial charge < -0.3 is 9.47 Å². The summed E-state index contributed by atoms with van der Waals surface area (Å²) in [6, 6.07) is 4.27. The third-order valence-electron chi connectivity index (χ3n) is 3.58. The summed E-state index contributed by atoms with van der Waals surface area (Å²) in [5.74, 6) is 0. The number of carbonyl (C=O) groups excluding carboxylic acids is 1. The Kier molecular flexibility index (Phi) is 2.87. The van der Waals surface area contributed by atoms with E-state index in [1.807, 2.05) is 31.7 Å². The van der Waals surface area contributed by atoms with E-state index in [-0.39, 0.29) is 17.7 Å². The van der Waals surface area contributed by atoms with Gasteiger partial charge in [-0.2, -0.15) is 0 Å². The molecule has 104 valence electrons. The Morgan fingerprint density at radius 2 is 2.37 bits per heavy atom. The molecule has 2 aliphatic heterocycles. The van der Waals surface area contributed by atoms with Gasteiger partial charge in [-0.25, -0.2) is 4.79 Å². The molecule has 0 unspecified atom stereocenters. The van der Waals surface area contributed by atoms with Gasteiger partial charge in [0.25, 0.3) is 0 Å². The second-order valence-electron chi connectivity index (χ2n) is 6.25. The van der Waals surface area contributed by atoms with Crippen LogP contribution in [0.2, 0.25) is 0 Å². The van der Waals surface area contributed by atoms with Gasteiger partial charge in [0.05, 0.1) is 19.2 Å². The lowest BCUT2D eigenvalue weighted by Gasteiger charge is -2.33. The van der Waals surface area contributed by atoms with Crippen LogP contribution in [0.3, 0.4) is 0 Å². The van der Waals surface area contributed by atoms with Crippen molar-refractivity contribution in [1.29, 1.82) is 0 Å². The number of rotatable bonds is 1. The molecule has 2 fully saturated rings. The number of fused-ring (bicyclic) bond motifs is 2. The van der Waals surface area contributed by atoms with Crippen LogP contribution < -0.4 is 0 Å². The molecule has 2 bridgehead atoms. The van der Waals surface area contributed by atoms with Crippen molar-refractivity contribution in [1.82, 2.24) is 4.90 Å². The molecule has 3 heterocycles. The number of amides is 1. The van der Waals surface area contributed by atoms with E-state index in [0.29, 0.717) is 13.2 Å². The van der Waals surface area contributed by atoms with Gasteiger partial charge in [0.15, 0.2) is 0 Å². The standard InChI is InChI=1S/C14H19NO3S/c1-13(2,3)18-12(16)15-9-14(7-10(15)8-17-14)11-5-4-6-19-11/h4-6,10H,7-9H2,1-3H3/t10-,14-/m0/s1. The molecule has 2 saturated heterocycles. The highest BCUT2D eigenvalue weighted by molar-refractivity contribution is 7.10. The maximum absolute atomic E-state index is 12.2. The number of morpholine rings is 1. The molecule has 1 amide bonds. The summed E-state index contributed by atoms with van der Waals surface area (Å²) < 4.78 is 11.4. The Labute approximate surface area is 117 Å². The maximum atomic E-state index is 12.2. The SMILES string of the molecule is CC(C)(C)OC(=O)N1C[C@]2(c3cccs3)C[C@H]1CO2. The summed E-state index contributed by atoms with van der Waals surface area (Å²) in [7, 11) is 0. The lowest BCUT2D eigenvalue weighted by Crippen LogP contribution is -2.46. The number of thiophene rings is 1. The molecular formula is C14H19NO3S. The summed E-state index contributed by atoms with van der Waals surface area (Å²) in [5.41, 5.74) is -0.744. The zero-order valence-corrected chi connectivity index (χ0v) is 12.3. The Morgan fingerprint density at radius 3 is 3.00 bits per heavy atom. The van der Waals surface area contributed by atoms with Crippen LogP contribution in [0.15, 0.2) is 17.5 Å². The first-order chi connectivity index (χ1) is 8.90. The summed E-state index contributed by atoms with van der Waals surface area (Å²) in [6.45, 7) is 6.89. The number of ether oxygens (including phenoxy) is 2. The highest BCUT2D eigenvalue weighted by Gasteiger charge is 2.54. The third-order valence-corrected chi connectivity index (χ3v) is 4.64. The first-order valence-electron chi connectivity index (χ1n) is 6.57. The Hall–Kier alpha value is -1.07. The number of likely N-dealkylation sites (tertiary alicyclic amines) is 1. The van der Waals surface area contributed by atoms with E-state index in [1.165, 1.54) is 4.88 Å². The molecule has 0 radical (unpaired) electrons. The summed E-state index contributed by atoms with van der Waals surface area (Å²) in [6.07, 6.45) is 0.659. The molecule has 4 nitrogen and oxygen atoms in total. The Balaban J connectivity index is 1.77. The van der Waals surface area contributed by atoms with Gasteiger partial charge in [-0.05, 0) is 32.2 Å². The zero-order chi connectivity index (χ0) is 13.7. The average Bonchev–Trinajstić information content (AvgIpc) is 3.02. The predicted octanol–water partition coefficient (Wildman–Crippen LogP) is 2.98. The van der Waals surface area contributed by atoms with Gasteiger partial charge >= 0.3 is 6.09 Å². The number of nitrogens with zero attached hydrogens (tertiary/aromatic N) is 1. The molecule has 5 heteroatoms. The molecule has 0 saturated carbocycles. The van der Waals surface area contributed by atoms with Gasteiger partial charge in [-0.15, -0.1) is 11.3 Å². The molecule has 2 aliphatic rings. The molecule has 0 aliphatic carbocycles. The third kappa shape index (κ3) is 2.25. The van der Waals surface area contributed by atoms with Crippen molar-refractivity contribution in [3.63, 3.8) is 0 Å². The van der Waals surface area contributed by atoms with E-state index in [0.717, 1.165) is 6.42 Å². The van der Waals surface area contributed by atoms with Crippen LogP contribution in [0.1, 0.15) is 32.1 Å². The van der Waals surface area contributed by atoms with Gasteiger partial charge in [0.2, 0.25) is 0 Å². The largest absolute Gasteiger partial charge is 0.444 e. The molecule has 19 heavy (non-hydrogen) atoms. The van der Waals surface area contributed by atoms with E-state index in [2.05, 4.69) is 11.4 Å². The second-order valence-corrected chi connectivity index (χ2v) is 7.20. The number of carbonyl (C=O) groups is 1. The van der Waals surface area contributed by atoms with Crippen LogP contribution in [-0.2, 0) is 15.1 Å². The molecule has 0 aromatic carbocycles. The fourth-order valence-corrected chi connectivity index (χ4v) is 3.67. The first kappa shape index (κ1) is 12.9. The first-order valence-corrected chi connectivity index (χ1v) is 7.45. The quantitative estimate of drug-likeness (QED) is 0.794. The van der Waals surface area contributed by atoms with Gasteiger partial charge in [-0.1, -0.05) is 6.07 Å². The molecular weight excluding hydrogens is 262 g/mol. The summed E-state index contributed by atoms with van der Waals surface area (Å²) in [5, 5.41) is 2.05. The number of hydrogen-bond acceptors (Lipinski definition) is 4. The minimum absolute atomic E-state index is 0.150. The highest BCUT2D eigenvalue weighted by Crippen LogP contribution is 2.46. The molecule has 1 aromatic rings. The molecule has 3 rings (SSSR count). The van der Waals surface area contributed by atoms with Crippen LogP contribution in [-0.4, -0.2) is 35.8 Å². The summed E-state index contributed by atoms with van der Waals surface area (Å²) >= 11 is 1.69. The minimum Gasteiger partial charge on any atom is -0.444 e. The highest BCUT2D eigenvalue weighted by atomic mass is 32.1. The Morgan fingerprint density at radius 1 is 1.58 bits per heavy atom. The molecule has 1 aromatic heterocycles. The van der Waals surface area contributed by atoms with E-state index in [4.69, 9.17) is 9.47 Å². The maximum Gasteiger partial charge on any atom is 0.410 e. The monoisotopic (exact) mass is 281 g/mol. The summed E-state index contributed by atoms with van der Waals surface area (Å²) in [4.78, 5) is 15.3. The molecule has 2 atom stereocenters. The average molecular weight is 281 g/mol. The van der Waals surface area contributed by atoms with Crippen LogP contribution in [0.4, 0.5) is 4.79 Å². The van der Waals surface area contributed by atoms with Crippen LogP contribution in [0, 0.1) is 0 Å². The lowest BCUT2D eigenvalue weighted by atomic mass is 10.0. The molecule has 0 spiro atoms. The fourth-order valence-electron chi connectivity index (χ4n) is 2.79. The van der Waals surface area contributed by atoms with Crippen molar-refractivity contribution in [3.8, 4) is 0 Å². The predicted molar refractivity (Wildman–Crippen MR) is 73.3 cm³/mol. The van der Waals surface area contributed by atoms with Gasteiger partial charge in [0, 0.05) is 11.3 Å². The van der Waals surface area contributed by atoms with Crippen molar-refractivity contribution in [2.24, 2.45) is 0 Å². The van der Waals surface area contributed by atoms with Crippen molar-refractivity contribution in [3.05, 3.63) is 22.4 Å². The minimum atomic E-state index is -0.449. The van der Waals surface area contributed by atoms with E-state index in [1.54, 1.807) is 11.3 Å². The van der Waals surface area contributed by atoms with Crippen molar-refractivity contribution in [2.75, 3.05) is 13.2 Å². The number of hydrogen-bond donors (Lipinski definition) is 0. The van der Waals surface area contributed by atoms with E-state index in [9.17, 15) is 4.79 Å². The van der Waals surface area contributed by atoms with Crippen molar-refractivity contribution in [2.45, 2.75) is 44.4 Å². The normalized spacial score (nSPS) is 29.8. The molecule has 0 N–H and O–H groups in total. The zero-order valence-electron chi connectivity index (χ0n) is 11.5. The van der Waals surface area contributed by atoms with Crippen LogP contribution >= 0.6 is 11.3 Å². The van der Waals surface area contributed by atoms with E-state index < -0.39 is 5.60 Å². The van der Waals surface area contributed by atoms with E-state index >= 15 is 0 Å². The topological polar surface area (TPSA) is 38.8 Å².